The van der Waals surface area contributed by atoms with Crippen LogP contribution in [0.2, 0.25) is 0 Å². The Bertz CT molecular complexity index is 937. The minimum atomic E-state index is -3.01. The van der Waals surface area contributed by atoms with Gasteiger partial charge in [0, 0.05) is 19.1 Å². The summed E-state index contributed by atoms with van der Waals surface area (Å²) in [6.45, 7) is 7.70. The second kappa shape index (κ2) is 8.86. The highest BCUT2D eigenvalue weighted by Gasteiger charge is 2.33. The third-order valence-corrected chi connectivity index (χ3v) is 7.90. The molecule has 1 atom stereocenters. The number of nitrogens with zero attached hydrogens (tertiary/aromatic N) is 3. The fraction of sp³-hybridized carbons (Fsp3) is 0.600. The van der Waals surface area contributed by atoms with Gasteiger partial charge in [-0.05, 0) is 37.8 Å². The van der Waals surface area contributed by atoms with E-state index in [0.717, 1.165) is 29.2 Å². The third-order valence-electron chi connectivity index (χ3n) is 5.18. The van der Waals surface area contributed by atoms with Gasteiger partial charge in [-0.25, -0.2) is 13.4 Å². The van der Waals surface area contributed by atoms with Crippen molar-refractivity contribution in [1.82, 2.24) is 14.5 Å². The van der Waals surface area contributed by atoms with Crippen LogP contribution in [0.4, 0.5) is 0 Å². The molecule has 1 amide bonds. The molecule has 3 rings (SSSR count). The predicted molar refractivity (Wildman–Crippen MR) is 114 cm³/mol. The number of aryl methyl sites for hydroxylation is 1. The van der Waals surface area contributed by atoms with E-state index in [4.69, 9.17) is 4.98 Å². The molecule has 0 saturated carbocycles. The fourth-order valence-corrected chi connectivity index (χ4v) is 6.29. The second-order valence-electron chi connectivity index (χ2n) is 7.74. The number of hydrogen-bond donors (Lipinski definition) is 0. The molecule has 1 fully saturated rings. The molecule has 8 heteroatoms. The maximum absolute atomic E-state index is 12.8. The molecule has 1 saturated heterocycles. The van der Waals surface area contributed by atoms with Gasteiger partial charge in [0.2, 0.25) is 5.91 Å². The van der Waals surface area contributed by atoms with Crippen LogP contribution >= 0.6 is 11.8 Å². The van der Waals surface area contributed by atoms with E-state index in [1.54, 1.807) is 4.90 Å². The minimum absolute atomic E-state index is 0.0166. The number of amides is 1. The van der Waals surface area contributed by atoms with Gasteiger partial charge in [-0.2, -0.15) is 0 Å². The standard InChI is InChI=1S/C20H29N3O3S2/c1-4-22(16-10-12-28(25,26)14-16)19(24)13-27-20-21-17-7-5-6-8-18(17)23(20)11-9-15(2)3/h5-8,15-16H,4,9-14H2,1-3H3/t16-/m1/s1. The van der Waals surface area contributed by atoms with E-state index in [2.05, 4.69) is 24.5 Å². The number of thioether (sulfide) groups is 1. The Morgan fingerprint density at radius 3 is 2.75 bits per heavy atom. The lowest BCUT2D eigenvalue weighted by Crippen LogP contribution is -2.42. The molecule has 28 heavy (non-hydrogen) atoms. The van der Waals surface area contributed by atoms with Gasteiger partial charge < -0.3 is 9.47 Å². The van der Waals surface area contributed by atoms with Crippen molar-refractivity contribution in [3.8, 4) is 0 Å². The monoisotopic (exact) mass is 423 g/mol. The largest absolute Gasteiger partial charge is 0.338 e. The topological polar surface area (TPSA) is 72.3 Å². The van der Waals surface area contributed by atoms with Crippen LogP contribution in [0, 0.1) is 5.92 Å². The number of para-hydroxylation sites is 2. The first-order valence-electron chi connectivity index (χ1n) is 9.88. The molecule has 2 heterocycles. The summed E-state index contributed by atoms with van der Waals surface area (Å²) in [7, 11) is -3.01. The number of fused-ring (bicyclic) bond motifs is 1. The number of carbonyl (C=O) groups excluding carboxylic acids is 1. The highest BCUT2D eigenvalue weighted by atomic mass is 32.2. The second-order valence-corrected chi connectivity index (χ2v) is 10.9. The van der Waals surface area contributed by atoms with Crippen molar-refractivity contribution in [1.29, 1.82) is 0 Å². The van der Waals surface area contributed by atoms with E-state index in [0.29, 0.717) is 18.9 Å². The molecule has 0 bridgehead atoms. The zero-order valence-electron chi connectivity index (χ0n) is 16.8. The Labute approximate surface area is 171 Å². The number of carbonyl (C=O) groups is 1. The summed E-state index contributed by atoms with van der Waals surface area (Å²) in [6, 6.07) is 7.85. The van der Waals surface area contributed by atoms with Crippen molar-refractivity contribution in [3.63, 3.8) is 0 Å². The molecule has 1 aliphatic rings. The number of hydrogen-bond acceptors (Lipinski definition) is 5. The highest BCUT2D eigenvalue weighted by molar-refractivity contribution is 7.99. The molecule has 0 N–H and O–H groups in total. The van der Waals surface area contributed by atoms with Crippen LogP contribution in [0.1, 0.15) is 33.6 Å². The van der Waals surface area contributed by atoms with E-state index in [1.165, 1.54) is 11.8 Å². The molecule has 1 aliphatic heterocycles. The number of rotatable bonds is 8. The van der Waals surface area contributed by atoms with Crippen molar-refractivity contribution in [2.45, 2.75) is 51.4 Å². The summed E-state index contributed by atoms with van der Waals surface area (Å²) in [6.07, 6.45) is 1.59. The molecule has 2 aromatic rings. The van der Waals surface area contributed by atoms with Crippen molar-refractivity contribution in [3.05, 3.63) is 24.3 Å². The molecule has 1 aromatic carbocycles. The van der Waals surface area contributed by atoms with Crippen molar-refractivity contribution >= 4 is 38.5 Å². The smallest absolute Gasteiger partial charge is 0.233 e. The predicted octanol–water partition coefficient (Wildman–Crippen LogP) is 3.21. The molecule has 0 radical (unpaired) electrons. The summed E-state index contributed by atoms with van der Waals surface area (Å²) >= 11 is 1.45. The van der Waals surface area contributed by atoms with Gasteiger partial charge in [-0.3, -0.25) is 4.79 Å². The van der Waals surface area contributed by atoms with Gasteiger partial charge in [0.25, 0.3) is 0 Å². The third kappa shape index (κ3) is 4.89. The molecule has 154 valence electrons. The first-order chi connectivity index (χ1) is 13.3. The van der Waals surface area contributed by atoms with E-state index in [-0.39, 0.29) is 29.2 Å². The fourth-order valence-electron chi connectivity index (χ4n) is 3.64. The summed E-state index contributed by atoms with van der Waals surface area (Å²) in [5.74, 6) is 1.11. The Kier molecular flexibility index (Phi) is 6.70. The zero-order valence-corrected chi connectivity index (χ0v) is 18.4. The quantitative estimate of drug-likeness (QED) is 0.610. The van der Waals surface area contributed by atoms with Crippen LogP contribution in [-0.2, 0) is 21.2 Å². The van der Waals surface area contributed by atoms with E-state index in [1.807, 2.05) is 25.1 Å². The molecule has 0 unspecified atom stereocenters. The van der Waals surface area contributed by atoms with E-state index >= 15 is 0 Å². The first-order valence-corrected chi connectivity index (χ1v) is 12.7. The van der Waals surface area contributed by atoms with Crippen LogP contribution in [0.25, 0.3) is 11.0 Å². The highest BCUT2D eigenvalue weighted by Crippen LogP contribution is 2.26. The van der Waals surface area contributed by atoms with Crippen LogP contribution in [0.3, 0.4) is 0 Å². The molecule has 0 aliphatic carbocycles. The summed E-state index contributed by atoms with van der Waals surface area (Å²) < 4.78 is 25.8. The first kappa shape index (κ1) is 21.2. The Morgan fingerprint density at radius 2 is 2.11 bits per heavy atom. The number of benzene rings is 1. The summed E-state index contributed by atoms with van der Waals surface area (Å²) in [5.41, 5.74) is 2.03. The molecular weight excluding hydrogens is 394 g/mol. The lowest BCUT2D eigenvalue weighted by Gasteiger charge is -2.26. The van der Waals surface area contributed by atoms with E-state index < -0.39 is 9.84 Å². The van der Waals surface area contributed by atoms with Crippen molar-refractivity contribution in [2.75, 3.05) is 23.8 Å². The molecular formula is C20H29N3O3S2. The van der Waals surface area contributed by atoms with Gasteiger partial charge >= 0.3 is 0 Å². The number of sulfone groups is 1. The summed E-state index contributed by atoms with van der Waals surface area (Å²) in [4.78, 5) is 19.3. The zero-order chi connectivity index (χ0) is 20.3. The van der Waals surface area contributed by atoms with Crippen LogP contribution in [-0.4, -0.2) is 58.6 Å². The molecule has 1 aromatic heterocycles. The van der Waals surface area contributed by atoms with Crippen LogP contribution in [0.5, 0.6) is 0 Å². The number of imidazole rings is 1. The van der Waals surface area contributed by atoms with Gasteiger partial charge in [0.1, 0.15) is 0 Å². The van der Waals surface area contributed by atoms with E-state index in [9.17, 15) is 13.2 Å². The van der Waals surface area contributed by atoms with Gasteiger partial charge in [0.15, 0.2) is 15.0 Å². The van der Waals surface area contributed by atoms with Crippen LogP contribution in [0.15, 0.2) is 29.4 Å². The minimum Gasteiger partial charge on any atom is -0.338 e. The average Bonchev–Trinajstić information content (AvgIpc) is 3.18. The Balaban J connectivity index is 1.73. The maximum Gasteiger partial charge on any atom is 0.233 e. The summed E-state index contributed by atoms with van der Waals surface area (Å²) in [5, 5.41) is 0.852. The van der Waals surface area contributed by atoms with Gasteiger partial charge in [-0.1, -0.05) is 37.7 Å². The normalized spacial score (nSPS) is 18.8. The molecule has 6 nitrogen and oxygen atoms in total. The lowest BCUT2D eigenvalue weighted by atomic mass is 10.1. The van der Waals surface area contributed by atoms with Gasteiger partial charge in [0.05, 0.1) is 28.3 Å². The maximum atomic E-state index is 12.8. The van der Waals surface area contributed by atoms with Crippen LogP contribution < -0.4 is 0 Å². The van der Waals surface area contributed by atoms with Gasteiger partial charge in [-0.15, -0.1) is 0 Å². The SMILES string of the molecule is CCN(C(=O)CSc1nc2ccccc2n1CCC(C)C)[C@@H]1CCS(=O)(=O)C1. The number of aromatic nitrogens is 2. The Morgan fingerprint density at radius 1 is 1.36 bits per heavy atom. The van der Waals surface area contributed by atoms with Crippen molar-refractivity contribution < 1.29 is 13.2 Å². The Hall–Kier alpha value is -1.54. The average molecular weight is 424 g/mol. The lowest BCUT2D eigenvalue weighted by molar-refractivity contribution is -0.129. The van der Waals surface area contributed by atoms with Crippen molar-refractivity contribution in [2.24, 2.45) is 5.92 Å². The molecule has 0 spiro atoms.